The summed E-state index contributed by atoms with van der Waals surface area (Å²) in [4.78, 5) is 0. The van der Waals surface area contributed by atoms with Gasteiger partial charge in [-0.3, -0.25) is 0 Å². The van der Waals surface area contributed by atoms with Crippen LogP contribution in [0.1, 0.15) is 64.9 Å². The van der Waals surface area contributed by atoms with Gasteiger partial charge in [-0.1, -0.05) is 64.4 Å². The van der Waals surface area contributed by atoms with Crippen molar-refractivity contribution in [3.05, 3.63) is 35.9 Å². The van der Waals surface area contributed by atoms with Crippen molar-refractivity contribution in [2.24, 2.45) is 17.8 Å². The summed E-state index contributed by atoms with van der Waals surface area (Å²) in [6, 6.07) is 11.8. The molecule has 1 saturated carbocycles. The zero-order chi connectivity index (χ0) is 15.2. The highest BCUT2D eigenvalue weighted by Crippen LogP contribution is 2.39. The molecule has 0 bridgehead atoms. The standard InChI is InChI=1S/C20H33N/c1-5-19(17-10-8-7-9-11-17)20(21-6-2)18-13-12-15(3)16(4)14-18/h7-11,15-16,18-21H,5-6,12-14H2,1-4H3. The van der Waals surface area contributed by atoms with Gasteiger partial charge in [-0.2, -0.15) is 0 Å². The monoisotopic (exact) mass is 287 g/mol. The Balaban J connectivity index is 2.16. The number of hydrogen-bond donors (Lipinski definition) is 1. The molecule has 0 heterocycles. The van der Waals surface area contributed by atoms with Crippen LogP contribution in [0.15, 0.2) is 30.3 Å². The normalized spacial score (nSPS) is 29.0. The predicted molar refractivity (Wildman–Crippen MR) is 92.6 cm³/mol. The molecule has 118 valence electrons. The topological polar surface area (TPSA) is 12.0 Å². The molecule has 1 aromatic carbocycles. The Morgan fingerprint density at radius 1 is 1.05 bits per heavy atom. The van der Waals surface area contributed by atoms with Gasteiger partial charge < -0.3 is 5.32 Å². The van der Waals surface area contributed by atoms with Crippen LogP contribution in [0.2, 0.25) is 0 Å². The van der Waals surface area contributed by atoms with E-state index in [0.717, 1.165) is 24.3 Å². The summed E-state index contributed by atoms with van der Waals surface area (Å²) in [6.45, 7) is 10.5. The van der Waals surface area contributed by atoms with Gasteiger partial charge in [0.25, 0.3) is 0 Å². The first-order valence-electron chi connectivity index (χ1n) is 8.95. The molecule has 21 heavy (non-hydrogen) atoms. The fourth-order valence-corrected chi connectivity index (χ4v) is 4.19. The first-order valence-corrected chi connectivity index (χ1v) is 8.95. The van der Waals surface area contributed by atoms with Crippen molar-refractivity contribution in [3.8, 4) is 0 Å². The van der Waals surface area contributed by atoms with Gasteiger partial charge in [-0.25, -0.2) is 0 Å². The van der Waals surface area contributed by atoms with E-state index < -0.39 is 0 Å². The van der Waals surface area contributed by atoms with E-state index in [2.05, 4.69) is 63.3 Å². The van der Waals surface area contributed by atoms with Crippen LogP contribution in [0.3, 0.4) is 0 Å². The Morgan fingerprint density at radius 3 is 2.33 bits per heavy atom. The van der Waals surface area contributed by atoms with E-state index in [-0.39, 0.29) is 0 Å². The largest absolute Gasteiger partial charge is 0.313 e. The van der Waals surface area contributed by atoms with Gasteiger partial charge in [0.2, 0.25) is 0 Å². The van der Waals surface area contributed by atoms with Crippen LogP contribution in [0, 0.1) is 17.8 Å². The second-order valence-electron chi connectivity index (χ2n) is 7.04. The van der Waals surface area contributed by atoms with E-state index >= 15 is 0 Å². The van der Waals surface area contributed by atoms with Crippen LogP contribution in [0.5, 0.6) is 0 Å². The van der Waals surface area contributed by atoms with Gasteiger partial charge in [-0.15, -0.1) is 0 Å². The van der Waals surface area contributed by atoms with Crippen LogP contribution >= 0.6 is 0 Å². The number of nitrogens with one attached hydrogen (secondary N) is 1. The Hall–Kier alpha value is -0.820. The molecule has 1 aromatic rings. The third-order valence-electron chi connectivity index (χ3n) is 5.69. The van der Waals surface area contributed by atoms with Gasteiger partial charge in [0.1, 0.15) is 0 Å². The van der Waals surface area contributed by atoms with Crippen molar-refractivity contribution >= 4 is 0 Å². The molecule has 0 saturated heterocycles. The first kappa shape index (κ1) is 16.5. The number of rotatable bonds is 6. The Morgan fingerprint density at radius 2 is 1.76 bits per heavy atom. The molecule has 1 nitrogen and oxygen atoms in total. The van der Waals surface area contributed by atoms with E-state index in [1.165, 1.54) is 31.2 Å². The molecule has 0 amide bonds. The number of likely N-dealkylation sites (N-methyl/N-ethyl adjacent to an activating group) is 1. The van der Waals surface area contributed by atoms with Gasteiger partial charge >= 0.3 is 0 Å². The lowest BCUT2D eigenvalue weighted by Crippen LogP contribution is -2.43. The molecule has 0 aromatic heterocycles. The molecule has 1 aliphatic carbocycles. The van der Waals surface area contributed by atoms with Crippen molar-refractivity contribution in [1.82, 2.24) is 5.32 Å². The molecule has 1 aliphatic rings. The Kier molecular flexibility index (Phi) is 6.29. The van der Waals surface area contributed by atoms with E-state index in [9.17, 15) is 0 Å². The minimum absolute atomic E-state index is 0.636. The second kappa shape index (κ2) is 7.98. The highest BCUT2D eigenvalue weighted by Gasteiger charge is 2.33. The summed E-state index contributed by atoms with van der Waals surface area (Å²) < 4.78 is 0. The minimum atomic E-state index is 0.636. The highest BCUT2D eigenvalue weighted by molar-refractivity contribution is 5.21. The molecule has 0 aliphatic heterocycles. The molecule has 0 spiro atoms. The third kappa shape index (κ3) is 4.10. The summed E-state index contributed by atoms with van der Waals surface area (Å²) in [5.74, 6) is 3.26. The van der Waals surface area contributed by atoms with E-state index in [0.29, 0.717) is 12.0 Å². The fourth-order valence-electron chi connectivity index (χ4n) is 4.19. The van der Waals surface area contributed by atoms with Crippen molar-refractivity contribution in [1.29, 1.82) is 0 Å². The van der Waals surface area contributed by atoms with Crippen LogP contribution in [0.25, 0.3) is 0 Å². The maximum Gasteiger partial charge on any atom is 0.0164 e. The molecular formula is C20H33N. The lowest BCUT2D eigenvalue weighted by Gasteiger charge is -2.40. The average molecular weight is 287 g/mol. The zero-order valence-electron chi connectivity index (χ0n) is 14.3. The Bertz CT molecular complexity index is 400. The average Bonchev–Trinajstić information content (AvgIpc) is 2.51. The van der Waals surface area contributed by atoms with Crippen LogP contribution in [-0.2, 0) is 0 Å². The molecular weight excluding hydrogens is 254 g/mol. The van der Waals surface area contributed by atoms with E-state index in [1.807, 2.05) is 0 Å². The molecule has 0 radical (unpaired) electrons. The third-order valence-corrected chi connectivity index (χ3v) is 5.69. The van der Waals surface area contributed by atoms with Crippen molar-refractivity contribution < 1.29 is 0 Å². The molecule has 5 unspecified atom stereocenters. The minimum Gasteiger partial charge on any atom is -0.313 e. The van der Waals surface area contributed by atoms with Crippen molar-refractivity contribution in [2.75, 3.05) is 6.54 Å². The smallest absolute Gasteiger partial charge is 0.0164 e. The van der Waals surface area contributed by atoms with Gasteiger partial charge in [0.05, 0.1) is 0 Å². The first-order chi connectivity index (χ1) is 10.2. The van der Waals surface area contributed by atoms with Gasteiger partial charge in [-0.05, 0) is 55.0 Å². The lowest BCUT2D eigenvalue weighted by molar-refractivity contribution is 0.157. The van der Waals surface area contributed by atoms with Crippen molar-refractivity contribution in [2.45, 2.75) is 65.3 Å². The van der Waals surface area contributed by atoms with Gasteiger partial charge in [0.15, 0.2) is 0 Å². The number of benzene rings is 1. The molecule has 5 atom stereocenters. The van der Waals surface area contributed by atoms with Crippen LogP contribution in [-0.4, -0.2) is 12.6 Å². The van der Waals surface area contributed by atoms with Gasteiger partial charge in [0, 0.05) is 6.04 Å². The maximum atomic E-state index is 3.84. The second-order valence-corrected chi connectivity index (χ2v) is 7.04. The van der Waals surface area contributed by atoms with Crippen molar-refractivity contribution in [3.63, 3.8) is 0 Å². The van der Waals surface area contributed by atoms with E-state index in [4.69, 9.17) is 0 Å². The molecule has 2 rings (SSSR count). The van der Waals surface area contributed by atoms with Crippen LogP contribution in [0.4, 0.5) is 0 Å². The Labute approximate surface area is 131 Å². The molecule has 1 fully saturated rings. The van der Waals surface area contributed by atoms with Crippen LogP contribution < -0.4 is 5.32 Å². The fraction of sp³-hybridized carbons (Fsp3) is 0.700. The summed E-state index contributed by atoms with van der Waals surface area (Å²) >= 11 is 0. The summed E-state index contributed by atoms with van der Waals surface area (Å²) in [6.07, 6.45) is 5.41. The highest BCUT2D eigenvalue weighted by atomic mass is 14.9. The quantitative estimate of drug-likeness (QED) is 0.755. The molecule has 1 heteroatoms. The SMILES string of the molecule is CCNC(C1CCC(C)C(C)C1)C(CC)c1ccccc1. The summed E-state index contributed by atoms with van der Waals surface area (Å²) in [5.41, 5.74) is 1.51. The lowest BCUT2D eigenvalue weighted by atomic mass is 9.69. The van der Waals surface area contributed by atoms with E-state index in [1.54, 1.807) is 0 Å². The summed E-state index contributed by atoms with van der Waals surface area (Å²) in [5, 5.41) is 3.84. The molecule has 1 N–H and O–H groups in total. The zero-order valence-corrected chi connectivity index (χ0v) is 14.3. The summed E-state index contributed by atoms with van der Waals surface area (Å²) in [7, 11) is 0. The predicted octanol–water partition coefficient (Wildman–Crippen LogP) is 5.23. The maximum absolute atomic E-state index is 3.84. The number of hydrogen-bond acceptors (Lipinski definition) is 1.